The lowest BCUT2D eigenvalue weighted by molar-refractivity contribution is -0.00875. The van der Waals surface area contributed by atoms with Gasteiger partial charge in [-0.2, -0.15) is 0 Å². The minimum atomic E-state index is -0.565. The van der Waals surface area contributed by atoms with Crippen LogP contribution in [0, 0.1) is 0 Å². The fourth-order valence-corrected chi connectivity index (χ4v) is 2.05. The molecule has 15 heavy (non-hydrogen) atoms. The van der Waals surface area contributed by atoms with Gasteiger partial charge in [-0.15, -0.1) is 0 Å². The normalized spacial score (nSPS) is 19.0. The first-order valence-corrected chi connectivity index (χ1v) is 5.11. The zero-order chi connectivity index (χ0) is 10.3. The van der Waals surface area contributed by atoms with Crippen LogP contribution >= 0.6 is 0 Å². The third-order valence-electron chi connectivity index (χ3n) is 2.96. The number of nitrogens with zero attached hydrogens (tertiary/aromatic N) is 1. The lowest BCUT2D eigenvalue weighted by atomic mass is 9.89. The van der Waals surface area contributed by atoms with E-state index < -0.39 is 5.60 Å². The summed E-state index contributed by atoms with van der Waals surface area (Å²) in [7, 11) is 0. The molecule has 1 aliphatic heterocycles. The van der Waals surface area contributed by atoms with Gasteiger partial charge in [-0.25, -0.2) is 4.98 Å². The number of hydrogen-bond acceptors (Lipinski definition) is 3. The number of pyridine rings is 1. The van der Waals surface area contributed by atoms with Gasteiger partial charge in [-0.3, -0.25) is 0 Å². The van der Waals surface area contributed by atoms with Crippen molar-refractivity contribution in [3.63, 3.8) is 0 Å². The molecule has 2 aromatic heterocycles. The molecule has 0 amide bonds. The molecule has 0 unspecified atom stereocenters. The fraction of sp³-hybridized carbons (Fsp3) is 0.364. The van der Waals surface area contributed by atoms with Crippen LogP contribution in [0.25, 0.3) is 11.0 Å². The zero-order valence-corrected chi connectivity index (χ0v) is 8.33. The Hall–Kier alpha value is -1.39. The smallest absolute Gasteiger partial charge is 0.137 e. The van der Waals surface area contributed by atoms with Crippen LogP contribution in [0.3, 0.4) is 0 Å². The van der Waals surface area contributed by atoms with Crippen molar-refractivity contribution >= 4 is 11.0 Å². The summed E-state index contributed by atoms with van der Waals surface area (Å²) in [6, 6.07) is 3.95. The van der Waals surface area contributed by atoms with Crippen LogP contribution in [-0.2, 0) is 6.42 Å². The number of aromatic amines is 1. The summed E-state index contributed by atoms with van der Waals surface area (Å²) in [6.07, 6.45) is 4.39. The monoisotopic (exact) mass is 203 g/mol. The number of H-pyrrole nitrogens is 1. The first-order chi connectivity index (χ1) is 7.27. The van der Waals surface area contributed by atoms with E-state index in [9.17, 15) is 5.11 Å². The van der Waals surface area contributed by atoms with E-state index in [-0.39, 0.29) is 0 Å². The Morgan fingerprint density at radius 2 is 2.33 bits per heavy atom. The van der Waals surface area contributed by atoms with Crippen molar-refractivity contribution in [2.75, 3.05) is 13.1 Å². The van der Waals surface area contributed by atoms with E-state index in [2.05, 4.69) is 15.3 Å². The Morgan fingerprint density at radius 3 is 3.07 bits per heavy atom. The second-order valence-corrected chi connectivity index (χ2v) is 4.22. The van der Waals surface area contributed by atoms with Crippen LogP contribution in [0.15, 0.2) is 24.5 Å². The van der Waals surface area contributed by atoms with E-state index >= 15 is 0 Å². The number of rotatable bonds is 2. The van der Waals surface area contributed by atoms with Crippen LogP contribution in [0.5, 0.6) is 0 Å². The lowest BCUT2D eigenvalue weighted by Crippen LogP contribution is -2.60. The van der Waals surface area contributed by atoms with Gasteiger partial charge < -0.3 is 15.4 Å². The minimum Gasteiger partial charge on any atom is -0.387 e. The van der Waals surface area contributed by atoms with Crippen molar-refractivity contribution in [2.45, 2.75) is 12.0 Å². The Labute approximate surface area is 87.3 Å². The van der Waals surface area contributed by atoms with Gasteiger partial charge in [0.15, 0.2) is 0 Å². The molecule has 0 spiro atoms. The molecule has 2 aromatic rings. The third-order valence-corrected chi connectivity index (χ3v) is 2.96. The average Bonchev–Trinajstić information content (AvgIpc) is 2.60. The highest BCUT2D eigenvalue weighted by Gasteiger charge is 2.34. The highest BCUT2D eigenvalue weighted by molar-refractivity contribution is 5.79. The van der Waals surface area contributed by atoms with E-state index in [1.807, 2.05) is 18.3 Å². The van der Waals surface area contributed by atoms with Crippen molar-refractivity contribution in [3.05, 3.63) is 30.1 Å². The molecule has 0 radical (unpaired) electrons. The fourth-order valence-electron chi connectivity index (χ4n) is 2.05. The van der Waals surface area contributed by atoms with Gasteiger partial charge in [0.2, 0.25) is 0 Å². The maximum atomic E-state index is 10.0. The second kappa shape index (κ2) is 3.05. The molecule has 3 heterocycles. The molecule has 4 nitrogen and oxygen atoms in total. The largest absolute Gasteiger partial charge is 0.387 e. The maximum Gasteiger partial charge on any atom is 0.137 e. The first-order valence-electron chi connectivity index (χ1n) is 5.11. The molecular weight excluding hydrogens is 190 g/mol. The molecule has 3 N–H and O–H groups in total. The molecule has 0 bridgehead atoms. The van der Waals surface area contributed by atoms with Crippen LogP contribution in [0.1, 0.15) is 5.56 Å². The van der Waals surface area contributed by atoms with E-state index in [4.69, 9.17) is 0 Å². The molecule has 0 atom stereocenters. The molecule has 3 rings (SSSR count). The summed E-state index contributed by atoms with van der Waals surface area (Å²) in [5.41, 5.74) is 1.47. The van der Waals surface area contributed by atoms with E-state index in [0.717, 1.165) is 16.6 Å². The topological polar surface area (TPSA) is 60.9 Å². The van der Waals surface area contributed by atoms with Gasteiger partial charge >= 0.3 is 0 Å². The number of aliphatic hydroxyl groups is 1. The van der Waals surface area contributed by atoms with Gasteiger partial charge in [0.05, 0.1) is 5.60 Å². The van der Waals surface area contributed by atoms with Crippen molar-refractivity contribution in [3.8, 4) is 0 Å². The highest BCUT2D eigenvalue weighted by Crippen LogP contribution is 2.23. The van der Waals surface area contributed by atoms with E-state index in [1.165, 1.54) is 0 Å². The third kappa shape index (κ3) is 1.42. The Balaban J connectivity index is 1.97. The molecule has 4 heteroatoms. The van der Waals surface area contributed by atoms with Gasteiger partial charge in [0, 0.05) is 37.3 Å². The predicted molar refractivity (Wildman–Crippen MR) is 57.6 cm³/mol. The summed E-state index contributed by atoms with van der Waals surface area (Å²) in [5.74, 6) is 0. The van der Waals surface area contributed by atoms with E-state index in [1.54, 1.807) is 6.20 Å². The first kappa shape index (κ1) is 8.88. The van der Waals surface area contributed by atoms with Crippen molar-refractivity contribution in [1.29, 1.82) is 0 Å². The standard InChI is InChI=1S/C11H13N3O/c15-11(6-12-7-11)4-8-5-14-10-9(8)2-1-3-13-10/h1-3,5,12,15H,4,6-7H2,(H,13,14). The van der Waals surface area contributed by atoms with Gasteiger partial charge in [-0.05, 0) is 17.7 Å². The van der Waals surface area contributed by atoms with Crippen LogP contribution < -0.4 is 5.32 Å². The van der Waals surface area contributed by atoms with Crippen LogP contribution in [0.4, 0.5) is 0 Å². The van der Waals surface area contributed by atoms with Crippen LogP contribution in [0.2, 0.25) is 0 Å². The number of hydrogen-bond donors (Lipinski definition) is 3. The molecule has 1 aliphatic rings. The van der Waals surface area contributed by atoms with Gasteiger partial charge in [-0.1, -0.05) is 0 Å². The predicted octanol–water partition coefficient (Wildman–Crippen LogP) is 0.440. The molecule has 0 aliphatic carbocycles. The summed E-state index contributed by atoms with van der Waals surface area (Å²) < 4.78 is 0. The highest BCUT2D eigenvalue weighted by atomic mass is 16.3. The summed E-state index contributed by atoms with van der Waals surface area (Å²) in [4.78, 5) is 7.34. The van der Waals surface area contributed by atoms with Gasteiger partial charge in [0.1, 0.15) is 5.65 Å². The average molecular weight is 203 g/mol. The van der Waals surface area contributed by atoms with Crippen LogP contribution in [-0.4, -0.2) is 33.8 Å². The van der Waals surface area contributed by atoms with Crippen molar-refractivity contribution < 1.29 is 5.11 Å². The Kier molecular flexibility index (Phi) is 1.81. The second-order valence-electron chi connectivity index (χ2n) is 4.22. The number of β-amino-alcohol motifs (C(OH)–C–C–N with tert-alkyl or cyclic N) is 1. The number of nitrogens with one attached hydrogen (secondary N) is 2. The Bertz CT molecular complexity index is 487. The zero-order valence-electron chi connectivity index (χ0n) is 8.33. The lowest BCUT2D eigenvalue weighted by Gasteiger charge is -2.37. The molecule has 0 saturated carbocycles. The molecule has 1 saturated heterocycles. The van der Waals surface area contributed by atoms with E-state index in [0.29, 0.717) is 19.5 Å². The summed E-state index contributed by atoms with van der Waals surface area (Å²) in [5, 5.41) is 14.2. The summed E-state index contributed by atoms with van der Waals surface area (Å²) >= 11 is 0. The SMILES string of the molecule is OC1(Cc2c[nH]c3ncccc23)CNC1. The van der Waals surface area contributed by atoms with Crippen molar-refractivity contribution in [2.24, 2.45) is 0 Å². The molecular formula is C11H13N3O. The minimum absolute atomic E-state index is 0.565. The maximum absolute atomic E-state index is 10.0. The van der Waals surface area contributed by atoms with Crippen molar-refractivity contribution in [1.82, 2.24) is 15.3 Å². The quantitative estimate of drug-likeness (QED) is 0.663. The van der Waals surface area contributed by atoms with Gasteiger partial charge in [0.25, 0.3) is 0 Å². The number of aromatic nitrogens is 2. The molecule has 1 fully saturated rings. The Morgan fingerprint density at radius 1 is 1.47 bits per heavy atom. The summed E-state index contributed by atoms with van der Waals surface area (Å²) in [6.45, 7) is 1.36. The molecule has 0 aromatic carbocycles. The molecule has 78 valence electrons. The number of fused-ring (bicyclic) bond motifs is 1.